The highest BCUT2D eigenvalue weighted by Gasteiger charge is 2.32. The first-order valence-electron chi connectivity index (χ1n) is 7.28. The number of piperazine rings is 1. The Morgan fingerprint density at radius 1 is 1.26 bits per heavy atom. The van der Waals surface area contributed by atoms with Crippen LogP contribution in [0.4, 0.5) is 23.7 Å². The van der Waals surface area contributed by atoms with Crippen molar-refractivity contribution < 1.29 is 22.7 Å². The van der Waals surface area contributed by atoms with Crippen LogP contribution in [0.3, 0.4) is 0 Å². The second-order valence-corrected chi connectivity index (χ2v) is 5.49. The van der Waals surface area contributed by atoms with Gasteiger partial charge in [-0.3, -0.25) is 4.90 Å². The molecule has 1 aliphatic rings. The van der Waals surface area contributed by atoms with Crippen molar-refractivity contribution in [2.45, 2.75) is 13.1 Å². The summed E-state index contributed by atoms with van der Waals surface area (Å²) in [6.07, 6.45) is -4.21. The van der Waals surface area contributed by atoms with E-state index < -0.39 is 12.7 Å². The van der Waals surface area contributed by atoms with E-state index in [-0.39, 0.29) is 32.2 Å². The lowest BCUT2D eigenvalue weighted by Crippen LogP contribution is -2.51. The lowest BCUT2D eigenvalue weighted by Gasteiger charge is -2.35. The Morgan fingerprint density at radius 2 is 1.91 bits per heavy atom. The summed E-state index contributed by atoms with van der Waals surface area (Å²) in [6, 6.07) is 5.03. The third kappa shape index (κ3) is 5.02. The average molecular weight is 331 g/mol. The number of ether oxygens (including phenoxy) is 1. The lowest BCUT2D eigenvalue weighted by molar-refractivity contribution is -0.148. The van der Waals surface area contributed by atoms with Crippen molar-refractivity contribution in [2.75, 3.05) is 45.2 Å². The predicted octanol–water partition coefficient (Wildman–Crippen LogP) is 2.72. The second kappa shape index (κ2) is 7.08. The molecule has 0 saturated carbocycles. The molecule has 1 heterocycles. The van der Waals surface area contributed by atoms with Gasteiger partial charge < -0.3 is 15.0 Å². The molecule has 1 aromatic carbocycles. The lowest BCUT2D eigenvalue weighted by atomic mass is 10.2. The van der Waals surface area contributed by atoms with Gasteiger partial charge >= 0.3 is 12.2 Å². The van der Waals surface area contributed by atoms with Crippen LogP contribution < -0.4 is 10.1 Å². The molecule has 1 saturated heterocycles. The van der Waals surface area contributed by atoms with Gasteiger partial charge in [-0.1, -0.05) is 6.07 Å². The number of aryl methyl sites for hydroxylation is 1. The maximum atomic E-state index is 12.4. The summed E-state index contributed by atoms with van der Waals surface area (Å²) in [6.45, 7) is 1.89. The van der Waals surface area contributed by atoms with E-state index >= 15 is 0 Å². The third-order valence-corrected chi connectivity index (χ3v) is 3.75. The highest BCUT2D eigenvalue weighted by molar-refractivity contribution is 5.90. The van der Waals surface area contributed by atoms with E-state index in [1.807, 2.05) is 13.0 Å². The molecule has 5 nitrogen and oxygen atoms in total. The Kier molecular flexibility index (Phi) is 5.35. The van der Waals surface area contributed by atoms with Crippen LogP contribution in [-0.2, 0) is 0 Å². The number of nitrogens with one attached hydrogen (secondary N) is 1. The largest absolute Gasteiger partial charge is 0.497 e. The number of anilines is 1. The number of nitrogens with zero attached hydrogens (tertiary/aromatic N) is 2. The Labute approximate surface area is 133 Å². The molecule has 0 radical (unpaired) electrons. The number of amides is 2. The number of halogens is 3. The molecule has 0 unspecified atom stereocenters. The zero-order chi connectivity index (χ0) is 17.0. The predicted molar refractivity (Wildman–Crippen MR) is 80.8 cm³/mol. The van der Waals surface area contributed by atoms with Gasteiger partial charge in [0.25, 0.3) is 0 Å². The maximum absolute atomic E-state index is 12.4. The molecule has 1 fully saturated rings. The summed E-state index contributed by atoms with van der Waals surface area (Å²) in [4.78, 5) is 15.1. The molecule has 1 aliphatic heterocycles. The van der Waals surface area contributed by atoms with Crippen LogP contribution >= 0.6 is 0 Å². The maximum Gasteiger partial charge on any atom is 0.401 e. The van der Waals surface area contributed by atoms with Gasteiger partial charge in [0.15, 0.2) is 0 Å². The van der Waals surface area contributed by atoms with Gasteiger partial charge in [0.2, 0.25) is 0 Å². The minimum atomic E-state index is -4.21. The smallest absolute Gasteiger partial charge is 0.401 e. The van der Waals surface area contributed by atoms with Gasteiger partial charge in [-0.05, 0) is 18.6 Å². The number of urea groups is 1. The normalized spacial score (nSPS) is 16.3. The topological polar surface area (TPSA) is 44.8 Å². The molecule has 23 heavy (non-hydrogen) atoms. The average Bonchev–Trinajstić information content (AvgIpc) is 2.48. The van der Waals surface area contributed by atoms with Gasteiger partial charge in [-0.25, -0.2) is 4.79 Å². The van der Waals surface area contributed by atoms with E-state index in [1.165, 1.54) is 16.9 Å². The van der Waals surface area contributed by atoms with Crippen molar-refractivity contribution >= 4 is 11.7 Å². The van der Waals surface area contributed by atoms with Crippen molar-refractivity contribution in [1.82, 2.24) is 9.80 Å². The number of hydrogen-bond acceptors (Lipinski definition) is 3. The summed E-state index contributed by atoms with van der Waals surface area (Å²) >= 11 is 0. The molecule has 128 valence electrons. The summed E-state index contributed by atoms with van der Waals surface area (Å²) in [5.41, 5.74) is 1.52. The number of methoxy groups -OCH3 is 1. The first-order chi connectivity index (χ1) is 10.8. The third-order valence-electron chi connectivity index (χ3n) is 3.75. The number of rotatable bonds is 3. The molecule has 1 aromatic rings. The fourth-order valence-corrected chi connectivity index (χ4v) is 2.42. The van der Waals surface area contributed by atoms with Crippen LogP contribution in [0.2, 0.25) is 0 Å². The molecule has 2 amide bonds. The molecule has 8 heteroatoms. The van der Waals surface area contributed by atoms with Crippen molar-refractivity contribution in [3.8, 4) is 5.75 Å². The highest BCUT2D eigenvalue weighted by atomic mass is 19.4. The number of carbonyl (C=O) groups excluding carboxylic acids is 1. The number of carbonyl (C=O) groups is 1. The standard InChI is InChI=1S/C15H20F3N3O2/c1-11-3-4-12(23-2)9-13(11)19-14(22)21-7-5-20(6-8-21)10-15(16,17)18/h3-4,9H,5-8,10H2,1-2H3,(H,19,22). The van der Waals surface area contributed by atoms with Gasteiger partial charge in [0, 0.05) is 37.9 Å². The van der Waals surface area contributed by atoms with E-state index in [0.29, 0.717) is 11.4 Å². The van der Waals surface area contributed by atoms with E-state index in [2.05, 4.69) is 5.32 Å². The first-order valence-corrected chi connectivity index (χ1v) is 7.28. The minimum Gasteiger partial charge on any atom is -0.497 e. The van der Waals surface area contributed by atoms with E-state index in [0.717, 1.165) is 5.56 Å². The molecule has 0 bridgehead atoms. The van der Waals surface area contributed by atoms with Gasteiger partial charge in [0.05, 0.1) is 13.7 Å². The fourth-order valence-electron chi connectivity index (χ4n) is 2.42. The zero-order valence-corrected chi connectivity index (χ0v) is 13.1. The van der Waals surface area contributed by atoms with E-state index in [9.17, 15) is 18.0 Å². The molecule has 0 spiro atoms. The van der Waals surface area contributed by atoms with Gasteiger partial charge in [-0.15, -0.1) is 0 Å². The van der Waals surface area contributed by atoms with Crippen LogP contribution in [0.5, 0.6) is 5.75 Å². The zero-order valence-electron chi connectivity index (χ0n) is 13.1. The second-order valence-electron chi connectivity index (χ2n) is 5.49. The van der Waals surface area contributed by atoms with Crippen molar-refractivity contribution in [1.29, 1.82) is 0 Å². The Morgan fingerprint density at radius 3 is 2.48 bits per heavy atom. The summed E-state index contributed by atoms with van der Waals surface area (Å²) in [5, 5.41) is 2.78. The molecule has 0 atom stereocenters. The number of alkyl halides is 3. The van der Waals surface area contributed by atoms with Crippen LogP contribution in [-0.4, -0.2) is 61.8 Å². The highest BCUT2D eigenvalue weighted by Crippen LogP contribution is 2.22. The van der Waals surface area contributed by atoms with E-state index in [1.54, 1.807) is 12.1 Å². The van der Waals surface area contributed by atoms with Crippen LogP contribution in [0, 0.1) is 6.92 Å². The van der Waals surface area contributed by atoms with Crippen LogP contribution in [0.25, 0.3) is 0 Å². The van der Waals surface area contributed by atoms with Crippen molar-refractivity contribution in [2.24, 2.45) is 0 Å². The monoisotopic (exact) mass is 331 g/mol. The first kappa shape index (κ1) is 17.4. The molecule has 0 aliphatic carbocycles. The van der Waals surface area contributed by atoms with Crippen molar-refractivity contribution in [3.63, 3.8) is 0 Å². The van der Waals surface area contributed by atoms with Gasteiger partial charge in [0.1, 0.15) is 5.75 Å². The molecule has 2 rings (SSSR count). The van der Waals surface area contributed by atoms with Gasteiger partial charge in [-0.2, -0.15) is 13.2 Å². The molecule has 0 aromatic heterocycles. The molecular weight excluding hydrogens is 311 g/mol. The SMILES string of the molecule is COc1ccc(C)c(NC(=O)N2CCN(CC(F)(F)F)CC2)c1. The van der Waals surface area contributed by atoms with Crippen LogP contribution in [0.1, 0.15) is 5.56 Å². The van der Waals surface area contributed by atoms with Crippen molar-refractivity contribution in [3.05, 3.63) is 23.8 Å². The Hall–Kier alpha value is -1.96. The van der Waals surface area contributed by atoms with E-state index in [4.69, 9.17) is 4.74 Å². The molecular formula is C15H20F3N3O2. The summed E-state index contributed by atoms with van der Waals surface area (Å²) < 4.78 is 42.2. The number of benzene rings is 1. The van der Waals surface area contributed by atoms with Crippen LogP contribution in [0.15, 0.2) is 18.2 Å². The fraction of sp³-hybridized carbons (Fsp3) is 0.533. The minimum absolute atomic E-state index is 0.212. The summed E-state index contributed by atoms with van der Waals surface area (Å²) in [5.74, 6) is 0.626. The molecule has 1 N–H and O–H groups in total. The Bertz CT molecular complexity index is 555. The summed E-state index contributed by atoms with van der Waals surface area (Å²) in [7, 11) is 1.54. The quantitative estimate of drug-likeness (QED) is 0.926. The number of hydrogen-bond donors (Lipinski definition) is 1. The Balaban J connectivity index is 1.90.